The molecule has 1 N–H and O–H groups in total. The molecule has 3 aromatic rings. The number of halogens is 1. The van der Waals surface area contributed by atoms with Crippen LogP contribution in [-0.2, 0) is 27.8 Å². The first-order valence-corrected chi connectivity index (χ1v) is 13.2. The van der Waals surface area contributed by atoms with E-state index in [-0.39, 0.29) is 10.8 Å². The van der Waals surface area contributed by atoms with Gasteiger partial charge in [0, 0.05) is 43.8 Å². The number of anilines is 1. The molecule has 0 radical (unpaired) electrons. The first-order valence-electron chi connectivity index (χ1n) is 11.3. The number of sulfonamides is 1. The second kappa shape index (κ2) is 11.2. The fraction of sp³-hybridized carbons (Fsp3) is 0.269. The molecule has 4 rings (SSSR count). The second-order valence-corrected chi connectivity index (χ2v) is 10.8. The van der Waals surface area contributed by atoms with Crippen molar-refractivity contribution in [1.82, 2.24) is 10.2 Å². The van der Waals surface area contributed by atoms with Crippen LogP contribution >= 0.6 is 11.6 Å². The molecular formula is C26H28ClN3O4S. The molecule has 0 aromatic heterocycles. The van der Waals surface area contributed by atoms with Gasteiger partial charge in [-0.15, -0.1) is 0 Å². The standard InChI is InChI=1S/C26H28ClN3O4S/c1-29(35(32,33)25-12-8-23(27)9-13-25)24-10-6-22(7-11-24)26(31)28-18-20-2-4-21(5-3-20)19-30-14-16-34-17-15-30/h2-13H,14-19H2,1H3,(H,28,31). The smallest absolute Gasteiger partial charge is 0.264 e. The third kappa shape index (κ3) is 6.41. The van der Waals surface area contributed by atoms with Crippen LogP contribution in [-0.4, -0.2) is 52.6 Å². The summed E-state index contributed by atoms with van der Waals surface area (Å²) in [4.78, 5) is 15.1. The predicted molar refractivity (Wildman–Crippen MR) is 137 cm³/mol. The number of amides is 1. The molecule has 0 atom stereocenters. The summed E-state index contributed by atoms with van der Waals surface area (Å²) in [5, 5.41) is 3.38. The first-order chi connectivity index (χ1) is 16.8. The highest BCUT2D eigenvalue weighted by atomic mass is 35.5. The minimum absolute atomic E-state index is 0.141. The van der Waals surface area contributed by atoms with Crippen LogP contribution in [0.4, 0.5) is 5.69 Å². The molecule has 9 heteroatoms. The molecule has 1 fully saturated rings. The van der Waals surface area contributed by atoms with E-state index in [0.29, 0.717) is 22.8 Å². The Bertz CT molecular complexity index is 1240. The number of nitrogens with one attached hydrogen (secondary N) is 1. The van der Waals surface area contributed by atoms with E-state index >= 15 is 0 Å². The molecule has 184 valence electrons. The minimum atomic E-state index is -3.74. The van der Waals surface area contributed by atoms with Crippen molar-refractivity contribution >= 4 is 33.2 Å². The number of nitrogens with zero attached hydrogens (tertiary/aromatic N) is 2. The summed E-state index contributed by atoms with van der Waals surface area (Å²) in [7, 11) is -2.26. The van der Waals surface area contributed by atoms with E-state index < -0.39 is 10.0 Å². The van der Waals surface area contributed by atoms with Crippen molar-refractivity contribution in [3.63, 3.8) is 0 Å². The summed E-state index contributed by atoms with van der Waals surface area (Å²) in [6.45, 7) is 4.74. The highest BCUT2D eigenvalue weighted by molar-refractivity contribution is 7.92. The Morgan fingerprint density at radius 3 is 2.17 bits per heavy atom. The Hall–Kier alpha value is -2.91. The molecule has 1 aliphatic rings. The van der Waals surface area contributed by atoms with Gasteiger partial charge in [0.2, 0.25) is 0 Å². The molecule has 1 saturated heterocycles. The van der Waals surface area contributed by atoms with Crippen molar-refractivity contribution < 1.29 is 17.9 Å². The maximum absolute atomic E-state index is 12.9. The zero-order valence-corrected chi connectivity index (χ0v) is 21.1. The molecule has 3 aromatic carbocycles. The molecule has 0 bridgehead atoms. The Morgan fingerprint density at radius 2 is 1.54 bits per heavy atom. The van der Waals surface area contributed by atoms with Crippen molar-refractivity contribution in [2.45, 2.75) is 18.0 Å². The van der Waals surface area contributed by atoms with Gasteiger partial charge in [-0.3, -0.25) is 14.0 Å². The Labute approximate surface area is 211 Å². The third-order valence-electron chi connectivity index (χ3n) is 5.95. The highest BCUT2D eigenvalue weighted by Gasteiger charge is 2.21. The Kier molecular flexibility index (Phi) is 8.07. The van der Waals surface area contributed by atoms with E-state index in [1.807, 2.05) is 12.1 Å². The van der Waals surface area contributed by atoms with Gasteiger partial charge >= 0.3 is 0 Å². The largest absolute Gasteiger partial charge is 0.379 e. The fourth-order valence-electron chi connectivity index (χ4n) is 3.79. The molecule has 0 unspecified atom stereocenters. The number of hydrogen-bond donors (Lipinski definition) is 1. The highest BCUT2D eigenvalue weighted by Crippen LogP contribution is 2.23. The summed E-state index contributed by atoms with van der Waals surface area (Å²) < 4.78 is 32.3. The van der Waals surface area contributed by atoms with Crippen molar-refractivity contribution in [2.24, 2.45) is 0 Å². The first kappa shape index (κ1) is 25.2. The van der Waals surface area contributed by atoms with Crippen LogP contribution in [0.5, 0.6) is 0 Å². The van der Waals surface area contributed by atoms with E-state index in [2.05, 4.69) is 22.3 Å². The molecule has 35 heavy (non-hydrogen) atoms. The number of hydrogen-bond acceptors (Lipinski definition) is 5. The fourth-order valence-corrected chi connectivity index (χ4v) is 5.11. The summed E-state index contributed by atoms with van der Waals surface area (Å²) in [5.41, 5.74) is 3.15. The molecular weight excluding hydrogens is 486 g/mol. The van der Waals surface area contributed by atoms with Crippen LogP contribution in [0.1, 0.15) is 21.5 Å². The lowest BCUT2D eigenvalue weighted by Gasteiger charge is -2.26. The van der Waals surface area contributed by atoms with Gasteiger partial charge in [-0.05, 0) is 59.7 Å². The van der Waals surface area contributed by atoms with Crippen molar-refractivity contribution in [1.29, 1.82) is 0 Å². The third-order valence-corrected chi connectivity index (χ3v) is 8.00. The quantitative estimate of drug-likeness (QED) is 0.494. The van der Waals surface area contributed by atoms with Crippen molar-refractivity contribution in [3.8, 4) is 0 Å². The molecule has 1 heterocycles. The van der Waals surface area contributed by atoms with E-state index in [9.17, 15) is 13.2 Å². The van der Waals surface area contributed by atoms with Crippen molar-refractivity contribution in [3.05, 3.63) is 94.5 Å². The zero-order valence-electron chi connectivity index (χ0n) is 19.5. The van der Waals surface area contributed by atoms with Gasteiger partial charge in [-0.1, -0.05) is 35.9 Å². The lowest BCUT2D eigenvalue weighted by Crippen LogP contribution is -2.35. The Morgan fingerprint density at radius 1 is 0.943 bits per heavy atom. The second-order valence-electron chi connectivity index (χ2n) is 8.36. The molecule has 0 aliphatic carbocycles. The topological polar surface area (TPSA) is 79.0 Å². The summed E-state index contributed by atoms with van der Waals surface area (Å²) in [5.74, 6) is -0.225. The van der Waals surface area contributed by atoms with Gasteiger partial charge in [-0.2, -0.15) is 0 Å². The van der Waals surface area contributed by atoms with Gasteiger partial charge in [0.15, 0.2) is 0 Å². The maximum atomic E-state index is 12.9. The molecule has 0 spiro atoms. The number of rotatable bonds is 8. The minimum Gasteiger partial charge on any atom is -0.379 e. The van der Waals surface area contributed by atoms with Crippen LogP contribution in [0.3, 0.4) is 0 Å². The number of ether oxygens (including phenoxy) is 1. The monoisotopic (exact) mass is 513 g/mol. The average Bonchev–Trinajstić information content (AvgIpc) is 2.88. The van der Waals surface area contributed by atoms with Gasteiger partial charge in [0.05, 0.1) is 23.8 Å². The van der Waals surface area contributed by atoms with Crippen LogP contribution in [0.25, 0.3) is 0 Å². The van der Waals surface area contributed by atoms with Gasteiger partial charge in [0.25, 0.3) is 15.9 Å². The number of benzene rings is 3. The molecule has 1 amide bonds. The average molecular weight is 514 g/mol. The lowest BCUT2D eigenvalue weighted by molar-refractivity contribution is 0.0342. The lowest BCUT2D eigenvalue weighted by atomic mass is 10.1. The van der Waals surface area contributed by atoms with Crippen LogP contribution < -0.4 is 9.62 Å². The van der Waals surface area contributed by atoms with Gasteiger partial charge < -0.3 is 10.1 Å². The number of morpholine rings is 1. The van der Waals surface area contributed by atoms with E-state index in [1.54, 1.807) is 24.3 Å². The van der Waals surface area contributed by atoms with Crippen LogP contribution in [0.15, 0.2) is 77.7 Å². The van der Waals surface area contributed by atoms with Crippen molar-refractivity contribution in [2.75, 3.05) is 37.7 Å². The van der Waals surface area contributed by atoms with Gasteiger partial charge in [0.1, 0.15) is 0 Å². The zero-order chi connectivity index (χ0) is 24.8. The summed E-state index contributed by atoms with van der Waals surface area (Å²) in [6, 6.07) is 20.7. The predicted octanol–water partition coefficient (Wildman–Crippen LogP) is 3.93. The molecule has 1 aliphatic heterocycles. The molecule has 7 nitrogen and oxygen atoms in total. The van der Waals surface area contributed by atoms with Gasteiger partial charge in [-0.25, -0.2) is 8.42 Å². The summed E-state index contributed by atoms with van der Waals surface area (Å²) >= 11 is 5.86. The SMILES string of the molecule is CN(c1ccc(C(=O)NCc2ccc(CN3CCOCC3)cc2)cc1)S(=O)(=O)c1ccc(Cl)cc1. The summed E-state index contributed by atoms with van der Waals surface area (Å²) in [6.07, 6.45) is 0. The molecule has 0 saturated carbocycles. The van der Waals surface area contributed by atoms with E-state index in [0.717, 1.165) is 38.4 Å². The Balaban J connectivity index is 1.32. The number of carbonyl (C=O) groups excluding carboxylic acids is 1. The maximum Gasteiger partial charge on any atom is 0.264 e. The van der Waals surface area contributed by atoms with E-state index in [4.69, 9.17) is 16.3 Å². The van der Waals surface area contributed by atoms with Crippen LogP contribution in [0.2, 0.25) is 5.02 Å². The normalized spacial score (nSPS) is 14.5. The van der Waals surface area contributed by atoms with E-state index in [1.165, 1.54) is 41.2 Å². The van der Waals surface area contributed by atoms with Crippen LogP contribution in [0, 0.1) is 0 Å². The number of carbonyl (C=O) groups is 1.